The first-order chi connectivity index (χ1) is 7.67. The Hall–Kier alpha value is -1.22. The summed E-state index contributed by atoms with van der Waals surface area (Å²) in [6.07, 6.45) is 2.27. The third-order valence-electron chi connectivity index (χ3n) is 2.64. The summed E-state index contributed by atoms with van der Waals surface area (Å²) in [6.45, 7) is 1.12. The fraction of sp³-hybridized carbons (Fsp3) is 0.538. The molecule has 0 saturated heterocycles. The van der Waals surface area contributed by atoms with E-state index in [0.717, 1.165) is 24.4 Å². The third kappa shape index (κ3) is 3.74. The fourth-order valence-corrected chi connectivity index (χ4v) is 1.72. The molecule has 0 aliphatic heterocycles. The highest BCUT2D eigenvalue weighted by Crippen LogP contribution is 2.23. The van der Waals surface area contributed by atoms with Gasteiger partial charge in [-0.25, -0.2) is 0 Å². The number of nitrogens with zero attached hydrogens (tertiary/aromatic N) is 1. The average Bonchev–Trinajstić information content (AvgIpc) is 2.29. The number of methoxy groups -OCH3 is 1. The summed E-state index contributed by atoms with van der Waals surface area (Å²) in [5.74, 6) is 0.903. The van der Waals surface area contributed by atoms with Crippen molar-refractivity contribution in [3.05, 3.63) is 23.8 Å². The smallest absolute Gasteiger partial charge is 0.120 e. The van der Waals surface area contributed by atoms with Crippen LogP contribution in [0.3, 0.4) is 0 Å². The first-order valence-corrected chi connectivity index (χ1v) is 5.66. The van der Waals surface area contributed by atoms with E-state index in [2.05, 4.69) is 30.4 Å². The van der Waals surface area contributed by atoms with Gasteiger partial charge < -0.3 is 15.0 Å². The zero-order valence-electron chi connectivity index (χ0n) is 10.7. The lowest BCUT2D eigenvalue weighted by Gasteiger charge is -2.13. The van der Waals surface area contributed by atoms with E-state index in [-0.39, 0.29) is 0 Å². The highest BCUT2D eigenvalue weighted by Gasteiger charge is 2.03. The van der Waals surface area contributed by atoms with Crippen molar-refractivity contribution in [2.75, 3.05) is 40.1 Å². The Kier molecular flexibility index (Phi) is 5.12. The second-order valence-electron chi connectivity index (χ2n) is 4.18. The normalized spacial score (nSPS) is 10.6. The molecule has 3 heteroatoms. The van der Waals surface area contributed by atoms with Crippen LogP contribution >= 0.6 is 0 Å². The fourth-order valence-electron chi connectivity index (χ4n) is 1.72. The van der Waals surface area contributed by atoms with Gasteiger partial charge in [0, 0.05) is 18.8 Å². The number of nitrogens with one attached hydrogen (secondary N) is 1. The van der Waals surface area contributed by atoms with Crippen LogP contribution in [0.15, 0.2) is 18.2 Å². The van der Waals surface area contributed by atoms with Gasteiger partial charge in [-0.05, 0) is 45.1 Å². The molecule has 0 saturated carbocycles. The molecule has 1 rings (SSSR count). The van der Waals surface area contributed by atoms with Gasteiger partial charge in [-0.3, -0.25) is 0 Å². The van der Waals surface area contributed by atoms with Crippen LogP contribution in [0, 0.1) is 0 Å². The molecule has 1 aromatic carbocycles. The molecule has 0 radical (unpaired) electrons. The van der Waals surface area contributed by atoms with Crippen molar-refractivity contribution in [2.24, 2.45) is 0 Å². The van der Waals surface area contributed by atoms with Gasteiger partial charge in [0.2, 0.25) is 0 Å². The van der Waals surface area contributed by atoms with Crippen LogP contribution in [-0.4, -0.2) is 39.7 Å². The van der Waals surface area contributed by atoms with Gasteiger partial charge in [0.25, 0.3) is 0 Å². The third-order valence-corrected chi connectivity index (χ3v) is 2.64. The molecule has 0 fully saturated rings. The number of hydrogen-bond donors (Lipinski definition) is 1. The Morgan fingerprint density at radius 3 is 2.62 bits per heavy atom. The van der Waals surface area contributed by atoms with E-state index >= 15 is 0 Å². The van der Waals surface area contributed by atoms with Crippen LogP contribution in [0.4, 0.5) is 5.69 Å². The maximum absolute atomic E-state index is 5.21. The Labute approximate surface area is 98.4 Å². The van der Waals surface area contributed by atoms with Gasteiger partial charge in [0.1, 0.15) is 5.75 Å². The number of aryl methyl sites for hydroxylation is 1. The lowest BCUT2D eigenvalue weighted by molar-refractivity contribution is 0.400. The Morgan fingerprint density at radius 2 is 2.06 bits per heavy atom. The molecule has 0 spiro atoms. The monoisotopic (exact) mass is 222 g/mol. The van der Waals surface area contributed by atoms with Crippen LogP contribution in [0.25, 0.3) is 0 Å². The highest BCUT2D eigenvalue weighted by molar-refractivity contribution is 5.54. The predicted molar refractivity (Wildman–Crippen MR) is 69.4 cm³/mol. The molecule has 0 unspecified atom stereocenters. The van der Waals surface area contributed by atoms with E-state index in [0.29, 0.717) is 0 Å². The lowest BCUT2D eigenvalue weighted by atomic mass is 10.1. The molecule has 3 nitrogen and oxygen atoms in total. The molecule has 0 aliphatic rings. The van der Waals surface area contributed by atoms with Crippen molar-refractivity contribution in [1.29, 1.82) is 0 Å². The number of hydrogen-bond acceptors (Lipinski definition) is 3. The van der Waals surface area contributed by atoms with Crippen LogP contribution in [0.2, 0.25) is 0 Å². The zero-order valence-corrected chi connectivity index (χ0v) is 10.7. The quantitative estimate of drug-likeness (QED) is 0.799. The SMILES string of the molecule is CNc1cc(OC)ccc1CCCN(C)C. The summed E-state index contributed by atoms with van der Waals surface area (Å²) < 4.78 is 5.21. The molecular weight excluding hydrogens is 200 g/mol. The zero-order chi connectivity index (χ0) is 12.0. The first kappa shape index (κ1) is 12.8. The van der Waals surface area contributed by atoms with Crippen molar-refractivity contribution < 1.29 is 4.74 Å². The van der Waals surface area contributed by atoms with Crippen LogP contribution in [0.1, 0.15) is 12.0 Å². The molecule has 90 valence electrons. The van der Waals surface area contributed by atoms with Gasteiger partial charge in [0.05, 0.1) is 7.11 Å². The Balaban J connectivity index is 2.64. The average molecular weight is 222 g/mol. The molecule has 0 amide bonds. The van der Waals surface area contributed by atoms with Crippen molar-refractivity contribution >= 4 is 5.69 Å². The molecule has 0 bridgehead atoms. The standard InChI is InChI=1S/C13H22N2O/c1-14-13-10-12(16-4)8-7-11(13)6-5-9-15(2)3/h7-8,10,14H,5-6,9H2,1-4H3. The summed E-state index contributed by atoms with van der Waals surface area (Å²) in [4.78, 5) is 2.21. The van der Waals surface area contributed by atoms with Gasteiger partial charge in [-0.1, -0.05) is 6.07 Å². The van der Waals surface area contributed by atoms with Crippen LogP contribution in [0.5, 0.6) is 5.75 Å². The van der Waals surface area contributed by atoms with Crippen LogP contribution in [-0.2, 0) is 6.42 Å². The van der Waals surface area contributed by atoms with Crippen molar-refractivity contribution in [2.45, 2.75) is 12.8 Å². The van der Waals surface area contributed by atoms with Gasteiger partial charge in [-0.15, -0.1) is 0 Å². The summed E-state index contributed by atoms with van der Waals surface area (Å²) in [7, 11) is 7.85. The summed E-state index contributed by atoms with van der Waals surface area (Å²) in [5, 5.41) is 3.21. The number of benzene rings is 1. The van der Waals surface area contributed by atoms with Gasteiger partial charge in [0.15, 0.2) is 0 Å². The lowest BCUT2D eigenvalue weighted by Crippen LogP contribution is -2.13. The highest BCUT2D eigenvalue weighted by atomic mass is 16.5. The molecular formula is C13H22N2O. The van der Waals surface area contributed by atoms with E-state index in [1.807, 2.05) is 19.2 Å². The second-order valence-corrected chi connectivity index (χ2v) is 4.18. The predicted octanol–water partition coefficient (Wildman–Crippen LogP) is 2.23. The first-order valence-electron chi connectivity index (χ1n) is 5.66. The Bertz CT molecular complexity index is 324. The van der Waals surface area contributed by atoms with E-state index in [9.17, 15) is 0 Å². The van der Waals surface area contributed by atoms with E-state index in [1.165, 1.54) is 12.0 Å². The molecule has 0 aliphatic carbocycles. The van der Waals surface area contributed by atoms with E-state index in [4.69, 9.17) is 4.74 Å². The van der Waals surface area contributed by atoms with Crippen LogP contribution < -0.4 is 10.1 Å². The minimum Gasteiger partial charge on any atom is -0.497 e. The van der Waals surface area contributed by atoms with Gasteiger partial charge >= 0.3 is 0 Å². The molecule has 16 heavy (non-hydrogen) atoms. The largest absolute Gasteiger partial charge is 0.497 e. The number of ether oxygens (including phenoxy) is 1. The van der Waals surface area contributed by atoms with E-state index in [1.54, 1.807) is 7.11 Å². The minimum absolute atomic E-state index is 0.903. The minimum atomic E-state index is 0.903. The number of anilines is 1. The van der Waals surface area contributed by atoms with Crippen molar-refractivity contribution in [3.8, 4) is 5.75 Å². The summed E-state index contributed by atoms with van der Waals surface area (Å²) in [6, 6.07) is 6.21. The summed E-state index contributed by atoms with van der Waals surface area (Å²) >= 11 is 0. The maximum Gasteiger partial charge on any atom is 0.120 e. The molecule has 1 aromatic rings. The summed E-state index contributed by atoms with van der Waals surface area (Å²) in [5.41, 5.74) is 2.52. The van der Waals surface area contributed by atoms with Gasteiger partial charge in [-0.2, -0.15) is 0 Å². The maximum atomic E-state index is 5.21. The molecule has 1 N–H and O–H groups in total. The molecule has 0 heterocycles. The molecule has 0 atom stereocenters. The van der Waals surface area contributed by atoms with Crippen molar-refractivity contribution in [1.82, 2.24) is 4.90 Å². The Morgan fingerprint density at radius 1 is 1.31 bits per heavy atom. The van der Waals surface area contributed by atoms with E-state index < -0.39 is 0 Å². The second kappa shape index (κ2) is 6.38. The number of rotatable bonds is 6. The topological polar surface area (TPSA) is 24.5 Å². The van der Waals surface area contributed by atoms with Crippen molar-refractivity contribution in [3.63, 3.8) is 0 Å². The molecule has 0 aromatic heterocycles.